The SMILES string of the molecule is Cc1ncc(C(C)C)c2c1[C@H](C)[C@H](C)N(C)C=C2C(C)C. The third kappa shape index (κ3) is 2.73. The lowest BCUT2D eigenvalue weighted by Gasteiger charge is -2.28. The molecule has 0 radical (unpaired) electrons. The third-order valence-corrected chi connectivity index (χ3v) is 5.04. The van der Waals surface area contributed by atoms with Gasteiger partial charge in [-0.1, -0.05) is 34.6 Å². The van der Waals surface area contributed by atoms with E-state index in [2.05, 4.69) is 72.8 Å². The van der Waals surface area contributed by atoms with E-state index in [1.165, 1.54) is 28.0 Å². The maximum absolute atomic E-state index is 4.71. The van der Waals surface area contributed by atoms with Crippen LogP contribution < -0.4 is 0 Å². The van der Waals surface area contributed by atoms with Gasteiger partial charge in [0.15, 0.2) is 0 Å². The van der Waals surface area contributed by atoms with E-state index in [9.17, 15) is 0 Å². The molecule has 21 heavy (non-hydrogen) atoms. The van der Waals surface area contributed by atoms with Crippen LogP contribution in [0.3, 0.4) is 0 Å². The number of aryl methyl sites for hydroxylation is 1. The molecular formula is C19H30N2. The first-order chi connectivity index (χ1) is 9.75. The Balaban J connectivity index is 2.83. The molecule has 0 aromatic carbocycles. The van der Waals surface area contributed by atoms with Crippen LogP contribution >= 0.6 is 0 Å². The van der Waals surface area contributed by atoms with Crippen LogP contribution in [-0.4, -0.2) is 23.0 Å². The molecule has 0 saturated heterocycles. The minimum atomic E-state index is 0.489. The van der Waals surface area contributed by atoms with Crippen molar-refractivity contribution in [2.24, 2.45) is 5.92 Å². The largest absolute Gasteiger partial charge is 0.377 e. The Morgan fingerprint density at radius 3 is 2.24 bits per heavy atom. The molecule has 0 N–H and O–H groups in total. The fourth-order valence-electron chi connectivity index (χ4n) is 3.39. The summed E-state index contributed by atoms with van der Waals surface area (Å²) in [5.74, 6) is 1.51. The highest BCUT2D eigenvalue weighted by atomic mass is 15.1. The summed E-state index contributed by atoms with van der Waals surface area (Å²) in [7, 11) is 2.20. The van der Waals surface area contributed by atoms with Gasteiger partial charge in [-0.25, -0.2) is 0 Å². The zero-order valence-electron chi connectivity index (χ0n) is 14.9. The van der Waals surface area contributed by atoms with Gasteiger partial charge in [-0.15, -0.1) is 0 Å². The lowest BCUT2D eigenvalue weighted by Crippen LogP contribution is -2.28. The summed E-state index contributed by atoms with van der Waals surface area (Å²) in [5.41, 5.74) is 6.97. The number of hydrogen-bond donors (Lipinski definition) is 0. The fraction of sp³-hybridized carbons (Fsp3) is 0.632. The highest BCUT2D eigenvalue weighted by Crippen LogP contribution is 2.41. The molecule has 1 aliphatic rings. The van der Waals surface area contributed by atoms with Gasteiger partial charge in [0.05, 0.1) is 0 Å². The average molecular weight is 286 g/mol. The van der Waals surface area contributed by atoms with Gasteiger partial charge in [0.25, 0.3) is 0 Å². The number of allylic oxidation sites excluding steroid dienone is 1. The molecule has 2 heteroatoms. The Bertz CT molecular complexity index is 555. The number of fused-ring (bicyclic) bond motifs is 1. The van der Waals surface area contributed by atoms with E-state index in [1.54, 1.807) is 0 Å². The van der Waals surface area contributed by atoms with Gasteiger partial charge in [0, 0.05) is 37.1 Å². The number of nitrogens with zero attached hydrogens (tertiary/aromatic N) is 2. The summed E-state index contributed by atoms with van der Waals surface area (Å²) < 4.78 is 0. The normalized spacial score (nSPS) is 22.4. The van der Waals surface area contributed by atoms with Crippen LogP contribution in [0.5, 0.6) is 0 Å². The van der Waals surface area contributed by atoms with Crippen LogP contribution in [0.1, 0.15) is 75.8 Å². The minimum absolute atomic E-state index is 0.489. The molecule has 2 rings (SSSR count). The Hall–Kier alpha value is -1.31. The number of rotatable bonds is 2. The summed E-state index contributed by atoms with van der Waals surface area (Å²) >= 11 is 0. The first-order valence-corrected chi connectivity index (χ1v) is 8.19. The topological polar surface area (TPSA) is 16.1 Å². The van der Waals surface area contributed by atoms with E-state index in [1.807, 2.05) is 0 Å². The van der Waals surface area contributed by atoms with Crippen molar-refractivity contribution in [2.75, 3.05) is 7.05 Å². The Kier molecular flexibility index (Phi) is 4.46. The second-order valence-electron chi connectivity index (χ2n) is 7.18. The predicted octanol–water partition coefficient (Wildman–Crippen LogP) is 4.95. The third-order valence-electron chi connectivity index (χ3n) is 5.04. The van der Waals surface area contributed by atoms with E-state index in [-0.39, 0.29) is 0 Å². The van der Waals surface area contributed by atoms with Crippen molar-refractivity contribution in [3.05, 3.63) is 34.8 Å². The summed E-state index contributed by atoms with van der Waals surface area (Å²) in [4.78, 5) is 7.09. The van der Waals surface area contributed by atoms with E-state index in [0.717, 1.165) is 0 Å². The smallest absolute Gasteiger partial charge is 0.0414 e. The molecule has 0 spiro atoms. The Morgan fingerprint density at radius 2 is 1.71 bits per heavy atom. The van der Waals surface area contributed by atoms with Gasteiger partial charge in [-0.05, 0) is 47.9 Å². The molecule has 0 unspecified atom stereocenters. The van der Waals surface area contributed by atoms with Gasteiger partial charge in [0.1, 0.15) is 0 Å². The predicted molar refractivity (Wildman–Crippen MR) is 91.5 cm³/mol. The molecular weight excluding hydrogens is 256 g/mol. The van der Waals surface area contributed by atoms with Crippen LogP contribution in [0.2, 0.25) is 0 Å². The minimum Gasteiger partial charge on any atom is -0.377 e. The molecule has 0 aliphatic carbocycles. The van der Waals surface area contributed by atoms with Crippen molar-refractivity contribution in [3.8, 4) is 0 Å². The van der Waals surface area contributed by atoms with Crippen LogP contribution in [0.15, 0.2) is 12.4 Å². The van der Waals surface area contributed by atoms with Crippen molar-refractivity contribution in [3.63, 3.8) is 0 Å². The van der Waals surface area contributed by atoms with Crippen LogP contribution in [0.4, 0.5) is 0 Å². The molecule has 116 valence electrons. The van der Waals surface area contributed by atoms with Crippen LogP contribution in [-0.2, 0) is 0 Å². The van der Waals surface area contributed by atoms with Crippen molar-refractivity contribution in [1.29, 1.82) is 0 Å². The molecule has 2 heterocycles. The second-order valence-corrected chi connectivity index (χ2v) is 7.18. The lowest BCUT2D eigenvalue weighted by molar-refractivity contribution is 0.316. The summed E-state index contributed by atoms with van der Waals surface area (Å²) in [6, 6.07) is 0.489. The number of aromatic nitrogens is 1. The van der Waals surface area contributed by atoms with Gasteiger partial charge in [-0.2, -0.15) is 0 Å². The maximum atomic E-state index is 4.71. The first-order valence-electron chi connectivity index (χ1n) is 8.19. The van der Waals surface area contributed by atoms with Gasteiger partial charge in [0.2, 0.25) is 0 Å². The van der Waals surface area contributed by atoms with Crippen molar-refractivity contribution < 1.29 is 0 Å². The summed E-state index contributed by atoms with van der Waals surface area (Å²) in [5, 5.41) is 0. The van der Waals surface area contributed by atoms with E-state index in [0.29, 0.717) is 23.8 Å². The lowest BCUT2D eigenvalue weighted by atomic mass is 9.81. The van der Waals surface area contributed by atoms with Crippen LogP contribution in [0, 0.1) is 12.8 Å². The van der Waals surface area contributed by atoms with Gasteiger partial charge >= 0.3 is 0 Å². The monoisotopic (exact) mass is 286 g/mol. The zero-order valence-corrected chi connectivity index (χ0v) is 14.9. The average Bonchev–Trinajstić information content (AvgIpc) is 2.50. The molecule has 1 aliphatic heterocycles. The molecule has 1 aromatic rings. The number of pyridine rings is 1. The van der Waals surface area contributed by atoms with E-state index in [4.69, 9.17) is 4.98 Å². The molecule has 0 amide bonds. The van der Waals surface area contributed by atoms with Crippen LogP contribution in [0.25, 0.3) is 5.57 Å². The van der Waals surface area contributed by atoms with E-state index < -0.39 is 0 Å². The summed E-state index contributed by atoms with van der Waals surface area (Å²) in [6.07, 6.45) is 4.46. The van der Waals surface area contributed by atoms with Crippen molar-refractivity contribution >= 4 is 5.57 Å². The fourth-order valence-corrected chi connectivity index (χ4v) is 3.39. The first kappa shape index (κ1) is 16.1. The molecule has 2 atom stereocenters. The van der Waals surface area contributed by atoms with Gasteiger partial charge < -0.3 is 4.90 Å². The Labute approximate surface area is 130 Å². The van der Waals surface area contributed by atoms with Gasteiger partial charge in [-0.3, -0.25) is 4.98 Å². The zero-order chi connectivity index (χ0) is 15.9. The standard InChI is InChI=1S/C19H30N2/c1-11(2)16-9-20-14(6)18-13(5)15(7)21(8)10-17(12(3)4)19(16)18/h9-13,15H,1-8H3/t13-,15+/m1/s1. The quantitative estimate of drug-likeness (QED) is 0.765. The highest BCUT2D eigenvalue weighted by Gasteiger charge is 2.30. The second kappa shape index (κ2) is 5.82. The number of hydrogen-bond acceptors (Lipinski definition) is 2. The molecule has 0 fully saturated rings. The van der Waals surface area contributed by atoms with Crippen molar-refractivity contribution in [1.82, 2.24) is 9.88 Å². The van der Waals surface area contributed by atoms with Crippen molar-refractivity contribution in [2.45, 2.75) is 66.3 Å². The molecule has 0 saturated carbocycles. The highest BCUT2D eigenvalue weighted by molar-refractivity contribution is 5.74. The number of likely N-dealkylation sites (N-methyl/N-ethyl adjacent to an activating group) is 1. The summed E-state index contributed by atoms with van der Waals surface area (Å²) in [6.45, 7) is 16.0. The maximum Gasteiger partial charge on any atom is 0.0414 e. The molecule has 0 bridgehead atoms. The molecule has 2 nitrogen and oxygen atoms in total. The molecule has 1 aromatic heterocycles. The Morgan fingerprint density at radius 1 is 1.10 bits per heavy atom. The van der Waals surface area contributed by atoms with E-state index >= 15 is 0 Å².